The molecule has 0 saturated carbocycles. The van der Waals surface area contributed by atoms with Gasteiger partial charge in [-0.3, -0.25) is 4.79 Å². The van der Waals surface area contributed by atoms with E-state index in [4.69, 9.17) is 4.74 Å². The SMILES string of the molecule is O=C(CC1CCOCC1)C1NCCc2ccccc21. The summed E-state index contributed by atoms with van der Waals surface area (Å²) < 4.78 is 5.36. The number of carbonyl (C=O) groups is 1. The molecule has 0 amide bonds. The Labute approximate surface area is 114 Å². The molecule has 0 aromatic heterocycles. The predicted octanol–water partition coefficient (Wildman–Crippen LogP) is 2.26. The number of rotatable bonds is 3. The van der Waals surface area contributed by atoms with Crippen LogP contribution in [-0.2, 0) is 16.0 Å². The number of ketones is 1. The number of nitrogens with one attached hydrogen (secondary N) is 1. The topological polar surface area (TPSA) is 38.3 Å². The Hall–Kier alpha value is -1.19. The largest absolute Gasteiger partial charge is 0.381 e. The van der Waals surface area contributed by atoms with Gasteiger partial charge >= 0.3 is 0 Å². The summed E-state index contributed by atoms with van der Waals surface area (Å²) >= 11 is 0. The van der Waals surface area contributed by atoms with Crippen LogP contribution in [0.2, 0.25) is 0 Å². The van der Waals surface area contributed by atoms with Crippen molar-refractivity contribution in [3.63, 3.8) is 0 Å². The summed E-state index contributed by atoms with van der Waals surface area (Å²) in [5.41, 5.74) is 2.51. The summed E-state index contributed by atoms with van der Waals surface area (Å²) in [5, 5.41) is 3.38. The molecule has 3 nitrogen and oxygen atoms in total. The second-order valence-electron chi connectivity index (χ2n) is 5.56. The number of benzene rings is 1. The molecule has 1 aromatic carbocycles. The van der Waals surface area contributed by atoms with E-state index in [0.717, 1.165) is 39.0 Å². The molecule has 3 heteroatoms. The highest BCUT2D eigenvalue weighted by molar-refractivity contribution is 5.86. The van der Waals surface area contributed by atoms with E-state index >= 15 is 0 Å². The molecule has 1 atom stereocenters. The van der Waals surface area contributed by atoms with Gasteiger partial charge in [-0.05, 0) is 36.3 Å². The van der Waals surface area contributed by atoms with Crippen LogP contribution in [0.3, 0.4) is 0 Å². The number of Topliss-reactive ketones (excluding diaryl/α,β-unsaturated/α-hetero) is 1. The molecule has 1 aromatic rings. The molecule has 102 valence electrons. The second-order valence-corrected chi connectivity index (χ2v) is 5.56. The summed E-state index contributed by atoms with van der Waals surface area (Å²) in [6.45, 7) is 2.53. The number of fused-ring (bicyclic) bond motifs is 1. The summed E-state index contributed by atoms with van der Waals surface area (Å²) in [4.78, 5) is 12.5. The molecule has 0 radical (unpaired) electrons. The van der Waals surface area contributed by atoms with Gasteiger partial charge in [-0.1, -0.05) is 24.3 Å². The molecule has 0 bridgehead atoms. The van der Waals surface area contributed by atoms with Crippen molar-refractivity contribution in [2.45, 2.75) is 31.7 Å². The molecule has 1 saturated heterocycles. The molecule has 0 spiro atoms. The Morgan fingerprint density at radius 3 is 2.89 bits per heavy atom. The third-order valence-electron chi connectivity index (χ3n) is 4.26. The minimum Gasteiger partial charge on any atom is -0.381 e. The second kappa shape index (κ2) is 5.85. The minimum absolute atomic E-state index is 0.0900. The molecule has 2 aliphatic heterocycles. The van der Waals surface area contributed by atoms with Gasteiger partial charge in [0.05, 0.1) is 6.04 Å². The standard InChI is InChI=1S/C16H21NO2/c18-15(11-12-6-9-19-10-7-12)16-14-4-2-1-3-13(14)5-8-17-16/h1-4,12,16-17H,5-11H2. The highest BCUT2D eigenvalue weighted by atomic mass is 16.5. The predicted molar refractivity (Wildman–Crippen MR) is 74.1 cm³/mol. The van der Waals surface area contributed by atoms with E-state index in [9.17, 15) is 4.79 Å². The number of hydrogen-bond donors (Lipinski definition) is 1. The van der Waals surface area contributed by atoms with Crippen LogP contribution in [-0.4, -0.2) is 25.5 Å². The molecular weight excluding hydrogens is 238 g/mol. The normalized spacial score (nSPS) is 23.9. The van der Waals surface area contributed by atoms with Gasteiger partial charge in [0.15, 0.2) is 5.78 Å². The maximum Gasteiger partial charge on any atom is 0.154 e. The summed E-state index contributed by atoms with van der Waals surface area (Å²) in [7, 11) is 0. The van der Waals surface area contributed by atoms with E-state index in [-0.39, 0.29) is 6.04 Å². The lowest BCUT2D eigenvalue weighted by Gasteiger charge is -2.28. The van der Waals surface area contributed by atoms with Crippen LogP contribution in [0.25, 0.3) is 0 Å². The van der Waals surface area contributed by atoms with Gasteiger partial charge in [-0.15, -0.1) is 0 Å². The van der Waals surface area contributed by atoms with Crippen molar-refractivity contribution in [2.24, 2.45) is 5.92 Å². The van der Waals surface area contributed by atoms with E-state index in [0.29, 0.717) is 18.1 Å². The Morgan fingerprint density at radius 2 is 2.05 bits per heavy atom. The van der Waals surface area contributed by atoms with Gasteiger partial charge in [-0.25, -0.2) is 0 Å². The highest BCUT2D eigenvalue weighted by Gasteiger charge is 2.28. The first kappa shape index (κ1) is 12.8. The summed E-state index contributed by atoms with van der Waals surface area (Å²) in [6.07, 6.45) is 3.77. The molecule has 1 unspecified atom stereocenters. The third kappa shape index (κ3) is 2.88. The Bertz CT molecular complexity index is 452. The molecule has 2 aliphatic rings. The molecular formula is C16H21NO2. The van der Waals surface area contributed by atoms with Gasteiger partial charge in [0.1, 0.15) is 0 Å². The fraction of sp³-hybridized carbons (Fsp3) is 0.562. The van der Waals surface area contributed by atoms with Crippen LogP contribution in [0, 0.1) is 5.92 Å². The zero-order valence-electron chi connectivity index (χ0n) is 11.2. The number of hydrogen-bond acceptors (Lipinski definition) is 3. The van der Waals surface area contributed by atoms with Crippen LogP contribution >= 0.6 is 0 Å². The first-order valence-electron chi connectivity index (χ1n) is 7.26. The zero-order valence-corrected chi connectivity index (χ0v) is 11.2. The molecule has 0 aliphatic carbocycles. The Morgan fingerprint density at radius 1 is 1.26 bits per heavy atom. The van der Waals surface area contributed by atoms with Crippen molar-refractivity contribution in [1.29, 1.82) is 0 Å². The van der Waals surface area contributed by atoms with Gasteiger partial charge in [0.2, 0.25) is 0 Å². The monoisotopic (exact) mass is 259 g/mol. The summed E-state index contributed by atoms with van der Waals surface area (Å²) in [6, 6.07) is 8.23. The first-order chi connectivity index (χ1) is 9.34. The van der Waals surface area contributed by atoms with E-state index in [1.807, 2.05) is 6.07 Å². The molecule has 1 N–H and O–H groups in total. The Balaban J connectivity index is 1.70. The van der Waals surface area contributed by atoms with Gasteiger partial charge < -0.3 is 10.1 Å². The van der Waals surface area contributed by atoms with Crippen molar-refractivity contribution in [3.8, 4) is 0 Å². The van der Waals surface area contributed by atoms with Crippen molar-refractivity contribution < 1.29 is 9.53 Å². The van der Waals surface area contributed by atoms with E-state index in [1.165, 1.54) is 11.1 Å². The average Bonchev–Trinajstić information content (AvgIpc) is 2.47. The van der Waals surface area contributed by atoms with Crippen LogP contribution in [0.15, 0.2) is 24.3 Å². The zero-order chi connectivity index (χ0) is 13.1. The minimum atomic E-state index is -0.0900. The van der Waals surface area contributed by atoms with Crippen molar-refractivity contribution in [1.82, 2.24) is 5.32 Å². The van der Waals surface area contributed by atoms with Crippen LogP contribution < -0.4 is 5.32 Å². The fourth-order valence-electron chi connectivity index (χ4n) is 3.14. The average molecular weight is 259 g/mol. The maximum atomic E-state index is 12.5. The van der Waals surface area contributed by atoms with E-state index < -0.39 is 0 Å². The van der Waals surface area contributed by atoms with Gasteiger partial charge in [-0.2, -0.15) is 0 Å². The molecule has 2 heterocycles. The Kier molecular flexibility index (Phi) is 3.95. The van der Waals surface area contributed by atoms with Crippen molar-refractivity contribution in [3.05, 3.63) is 35.4 Å². The van der Waals surface area contributed by atoms with Crippen molar-refractivity contribution in [2.75, 3.05) is 19.8 Å². The maximum absolute atomic E-state index is 12.5. The highest BCUT2D eigenvalue weighted by Crippen LogP contribution is 2.27. The lowest BCUT2D eigenvalue weighted by atomic mass is 9.86. The first-order valence-corrected chi connectivity index (χ1v) is 7.26. The van der Waals surface area contributed by atoms with E-state index in [2.05, 4.69) is 23.5 Å². The lowest BCUT2D eigenvalue weighted by molar-refractivity contribution is -0.123. The number of ether oxygens (including phenoxy) is 1. The smallest absolute Gasteiger partial charge is 0.154 e. The lowest BCUT2D eigenvalue weighted by Crippen LogP contribution is -2.36. The molecule has 1 fully saturated rings. The molecule has 3 rings (SSSR count). The third-order valence-corrected chi connectivity index (χ3v) is 4.26. The van der Waals surface area contributed by atoms with Crippen LogP contribution in [0.4, 0.5) is 0 Å². The van der Waals surface area contributed by atoms with E-state index in [1.54, 1.807) is 0 Å². The van der Waals surface area contributed by atoms with Crippen LogP contribution in [0.5, 0.6) is 0 Å². The van der Waals surface area contributed by atoms with Gasteiger partial charge in [0, 0.05) is 26.2 Å². The van der Waals surface area contributed by atoms with Gasteiger partial charge in [0.25, 0.3) is 0 Å². The van der Waals surface area contributed by atoms with Crippen LogP contribution in [0.1, 0.15) is 36.4 Å². The van der Waals surface area contributed by atoms with Crippen molar-refractivity contribution >= 4 is 5.78 Å². The molecule has 19 heavy (non-hydrogen) atoms. The quantitative estimate of drug-likeness (QED) is 0.905. The number of carbonyl (C=O) groups excluding carboxylic acids is 1. The fourth-order valence-corrected chi connectivity index (χ4v) is 3.14. The summed E-state index contributed by atoms with van der Waals surface area (Å²) in [5.74, 6) is 0.858.